The average molecular weight is 350 g/mol. The highest BCUT2D eigenvalue weighted by molar-refractivity contribution is 7.10. The Balaban J connectivity index is 1.83. The molecule has 6 nitrogen and oxygen atoms in total. The Labute approximate surface area is 149 Å². The van der Waals surface area contributed by atoms with Gasteiger partial charge in [-0.25, -0.2) is 9.97 Å². The molecule has 0 atom stereocenters. The number of pyridine rings is 1. The molecular weight excluding hydrogens is 332 g/mol. The first-order valence-corrected chi connectivity index (χ1v) is 8.85. The van der Waals surface area contributed by atoms with E-state index in [0.717, 1.165) is 29.0 Å². The van der Waals surface area contributed by atoms with Gasteiger partial charge >= 0.3 is 0 Å². The van der Waals surface area contributed by atoms with Gasteiger partial charge in [0.05, 0.1) is 18.1 Å². The lowest BCUT2D eigenvalue weighted by Crippen LogP contribution is -2.18. The zero-order chi connectivity index (χ0) is 17.4. The first-order chi connectivity index (χ1) is 12.1. The first kappa shape index (κ1) is 15.7. The highest BCUT2D eigenvalue weighted by Gasteiger charge is 2.16. The molecule has 0 unspecified atom stereocenters. The van der Waals surface area contributed by atoms with Crippen molar-refractivity contribution in [3.63, 3.8) is 0 Å². The Morgan fingerprint density at radius 3 is 2.68 bits per heavy atom. The number of hydrogen-bond acceptors (Lipinski definition) is 6. The van der Waals surface area contributed by atoms with Crippen molar-refractivity contribution in [3.8, 4) is 11.4 Å². The van der Waals surface area contributed by atoms with Crippen LogP contribution in [0.25, 0.3) is 22.4 Å². The number of aromatic nitrogens is 5. The number of anilines is 1. The van der Waals surface area contributed by atoms with Crippen LogP contribution in [-0.2, 0) is 13.6 Å². The smallest absolute Gasteiger partial charge is 0.164 e. The minimum absolute atomic E-state index is 0.684. The molecule has 0 aromatic carbocycles. The van der Waals surface area contributed by atoms with Crippen molar-refractivity contribution in [1.29, 1.82) is 0 Å². The number of fused-ring (bicyclic) bond motifs is 1. The van der Waals surface area contributed by atoms with Crippen LogP contribution in [0.3, 0.4) is 0 Å². The van der Waals surface area contributed by atoms with Crippen molar-refractivity contribution in [2.45, 2.75) is 13.5 Å². The minimum Gasteiger partial charge on any atom is -0.354 e. The quantitative estimate of drug-likeness (QED) is 0.564. The van der Waals surface area contributed by atoms with Crippen LogP contribution in [0.4, 0.5) is 5.82 Å². The number of nitrogens with zero attached hydrogens (tertiary/aromatic N) is 6. The Hall–Kier alpha value is -2.80. The maximum Gasteiger partial charge on any atom is 0.164 e. The molecule has 0 spiro atoms. The van der Waals surface area contributed by atoms with E-state index in [4.69, 9.17) is 9.97 Å². The van der Waals surface area contributed by atoms with Crippen LogP contribution in [0.15, 0.2) is 42.2 Å². The number of hydrogen-bond donors (Lipinski definition) is 0. The van der Waals surface area contributed by atoms with Crippen LogP contribution in [-0.4, -0.2) is 31.8 Å². The zero-order valence-corrected chi connectivity index (χ0v) is 15.2. The first-order valence-electron chi connectivity index (χ1n) is 7.97. The lowest BCUT2D eigenvalue weighted by Gasteiger charge is -2.19. The normalized spacial score (nSPS) is 11.2. The molecule has 126 valence electrons. The third-order valence-electron chi connectivity index (χ3n) is 4.22. The Kier molecular flexibility index (Phi) is 3.93. The monoisotopic (exact) mass is 350 g/mol. The molecule has 0 N–H and O–H groups in total. The molecule has 0 saturated heterocycles. The maximum atomic E-state index is 4.83. The van der Waals surface area contributed by atoms with Crippen LogP contribution in [0, 0.1) is 6.92 Å². The molecule has 0 bridgehead atoms. The SMILES string of the molecule is Cc1ccsc1CN(C)c1nc(-c2ccncc2)nc2c1cnn2C. The summed E-state index contributed by atoms with van der Waals surface area (Å²) in [5, 5.41) is 7.45. The third-order valence-corrected chi connectivity index (χ3v) is 5.23. The second kappa shape index (κ2) is 6.25. The second-order valence-corrected chi connectivity index (χ2v) is 7.00. The summed E-state index contributed by atoms with van der Waals surface area (Å²) in [6.07, 6.45) is 5.34. The van der Waals surface area contributed by atoms with Crippen molar-refractivity contribution < 1.29 is 0 Å². The topological polar surface area (TPSA) is 59.7 Å². The van der Waals surface area contributed by atoms with Crippen molar-refractivity contribution >= 4 is 28.2 Å². The molecule has 0 amide bonds. The van der Waals surface area contributed by atoms with Crippen LogP contribution in [0.1, 0.15) is 10.4 Å². The van der Waals surface area contributed by atoms with E-state index >= 15 is 0 Å². The molecule has 4 rings (SSSR count). The predicted molar refractivity (Wildman–Crippen MR) is 101 cm³/mol. The van der Waals surface area contributed by atoms with Gasteiger partial charge in [0.1, 0.15) is 5.82 Å². The second-order valence-electron chi connectivity index (χ2n) is 6.00. The van der Waals surface area contributed by atoms with Crippen LogP contribution < -0.4 is 4.90 Å². The average Bonchev–Trinajstić information content (AvgIpc) is 3.21. The maximum absolute atomic E-state index is 4.83. The molecule has 4 aromatic rings. The molecule has 25 heavy (non-hydrogen) atoms. The van der Waals surface area contributed by atoms with E-state index in [9.17, 15) is 0 Å². The molecule has 0 aliphatic heterocycles. The minimum atomic E-state index is 0.684. The van der Waals surface area contributed by atoms with Crippen LogP contribution in [0.2, 0.25) is 0 Å². The van der Waals surface area contributed by atoms with Gasteiger partial charge in [-0.1, -0.05) is 0 Å². The molecule has 0 aliphatic rings. The lowest BCUT2D eigenvalue weighted by molar-refractivity contribution is 0.785. The van der Waals surface area contributed by atoms with E-state index in [2.05, 4.69) is 40.4 Å². The number of rotatable bonds is 4. The van der Waals surface area contributed by atoms with Gasteiger partial charge in [0.15, 0.2) is 11.5 Å². The summed E-state index contributed by atoms with van der Waals surface area (Å²) in [5.41, 5.74) is 3.08. The lowest BCUT2D eigenvalue weighted by atomic mass is 10.2. The molecule has 4 aromatic heterocycles. The van der Waals surface area contributed by atoms with E-state index in [1.807, 2.05) is 25.4 Å². The highest BCUT2D eigenvalue weighted by atomic mass is 32.1. The van der Waals surface area contributed by atoms with Crippen molar-refractivity contribution in [2.24, 2.45) is 7.05 Å². The van der Waals surface area contributed by atoms with Crippen LogP contribution in [0.5, 0.6) is 0 Å². The molecular formula is C18H18N6S. The summed E-state index contributed by atoms with van der Waals surface area (Å²) in [6.45, 7) is 2.95. The molecule has 0 radical (unpaired) electrons. The molecule has 0 fully saturated rings. The summed E-state index contributed by atoms with van der Waals surface area (Å²) >= 11 is 1.77. The fourth-order valence-electron chi connectivity index (χ4n) is 2.78. The summed E-state index contributed by atoms with van der Waals surface area (Å²) in [6, 6.07) is 5.99. The Bertz CT molecular complexity index is 1020. The van der Waals surface area contributed by atoms with Crippen LogP contribution >= 0.6 is 11.3 Å². The molecule has 4 heterocycles. The van der Waals surface area contributed by atoms with Crippen molar-refractivity contribution in [1.82, 2.24) is 24.7 Å². The van der Waals surface area contributed by atoms with E-state index in [1.54, 1.807) is 28.4 Å². The van der Waals surface area contributed by atoms with Gasteiger partial charge in [-0.15, -0.1) is 11.3 Å². The summed E-state index contributed by atoms with van der Waals surface area (Å²) in [7, 11) is 3.96. The standard InChI is InChI=1S/C18H18N6S/c1-12-6-9-25-15(12)11-23(2)17-14-10-20-24(3)18(14)22-16(21-17)13-4-7-19-8-5-13/h4-10H,11H2,1-3H3. The van der Waals surface area contributed by atoms with Gasteiger partial charge in [-0.3, -0.25) is 9.67 Å². The summed E-state index contributed by atoms with van der Waals surface area (Å²) in [5.74, 6) is 1.57. The predicted octanol–water partition coefficient (Wildman–Crippen LogP) is 3.43. The number of aryl methyl sites for hydroxylation is 2. The van der Waals surface area contributed by atoms with Gasteiger partial charge in [0.2, 0.25) is 0 Å². The number of thiophene rings is 1. The Morgan fingerprint density at radius 1 is 1.16 bits per heavy atom. The van der Waals surface area contributed by atoms with Gasteiger partial charge in [-0.2, -0.15) is 5.10 Å². The van der Waals surface area contributed by atoms with Gasteiger partial charge in [-0.05, 0) is 36.1 Å². The zero-order valence-electron chi connectivity index (χ0n) is 14.3. The summed E-state index contributed by atoms with van der Waals surface area (Å²) < 4.78 is 1.79. The van der Waals surface area contributed by atoms with E-state index < -0.39 is 0 Å². The van der Waals surface area contributed by atoms with Gasteiger partial charge in [0.25, 0.3) is 0 Å². The summed E-state index contributed by atoms with van der Waals surface area (Å²) in [4.78, 5) is 17.1. The fraction of sp³-hybridized carbons (Fsp3) is 0.222. The Morgan fingerprint density at radius 2 is 1.96 bits per heavy atom. The molecule has 7 heteroatoms. The third kappa shape index (κ3) is 2.87. The fourth-order valence-corrected chi connectivity index (χ4v) is 3.74. The van der Waals surface area contributed by atoms with E-state index in [1.165, 1.54) is 10.4 Å². The molecule has 0 aliphatic carbocycles. The van der Waals surface area contributed by atoms with Gasteiger partial charge in [0, 0.05) is 36.9 Å². The van der Waals surface area contributed by atoms with E-state index in [0.29, 0.717) is 5.82 Å². The molecule has 0 saturated carbocycles. The van der Waals surface area contributed by atoms with E-state index in [-0.39, 0.29) is 0 Å². The van der Waals surface area contributed by atoms with Gasteiger partial charge < -0.3 is 4.90 Å². The highest BCUT2D eigenvalue weighted by Crippen LogP contribution is 2.28. The van der Waals surface area contributed by atoms with Crippen molar-refractivity contribution in [3.05, 3.63) is 52.6 Å². The van der Waals surface area contributed by atoms with Crippen molar-refractivity contribution in [2.75, 3.05) is 11.9 Å². The largest absolute Gasteiger partial charge is 0.354 e.